The van der Waals surface area contributed by atoms with Crippen molar-refractivity contribution in [2.24, 2.45) is 5.73 Å². The van der Waals surface area contributed by atoms with Gasteiger partial charge >= 0.3 is 0 Å². The van der Waals surface area contributed by atoms with Gasteiger partial charge in [0.2, 0.25) is 0 Å². The zero-order valence-corrected chi connectivity index (χ0v) is 11.7. The molecule has 0 aliphatic rings. The summed E-state index contributed by atoms with van der Waals surface area (Å²) in [5, 5.41) is 0. The van der Waals surface area contributed by atoms with Crippen LogP contribution in [0.15, 0.2) is 24.4 Å². The van der Waals surface area contributed by atoms with Gasteiger partial charge in [-0.1, -0.05) is 13.0 Å². The largest absolute Gasteiger partial charge is 0.328 e. The summed E-state index contributed by atoms with van der Waals surface area (Å²) in [6.45, 7) is 6.07. The third-order valence-electron chi connectivity index (χ3n) is 2.92. The fourth-order valence-electron chi connectivity index (χ4n) is 2.10. The Bertz CT molecular complexity index is 564. The molecule has 4 nitrogen and oxygen atoms in total. The molecule has 2 aromatic rings. The molecule has 2 rings (SSSR count). The lowest BCUT2D eigenvalue weighted by Gasteiger charge is -2.09. The molecule has 2 aromatic heterocycles. The minimum atomic E-state index is 0.0940. The Labute approximate surface area is 114 Å². The Morgan fingerprint density at radius 1 is 1.32 bits per heavy atom. The monoisotopic (exact) mass is 256 g/mol. The van der Waals surface area contributed by atoms with Gasteiger partial charge in [0, 0.05) is 30.0 Å². The third kappa shape index (κ3) is 3.35. The van der Waals surface area contributed by atoms with Gasteiger partial charge in [-0.25, -0.2) is 9.97 Å². The maximum atomic E-state index is 5.84. The highest BCUT2D eigenvalue weighted by Gasteiger charge is 2.10. The maximum absolute atomic E-state index is 5.84. The molecule has 0 saturated carbocycles. The van der Waals surface area contributed by atoms with E-state index in [2.05, 4.69) is 27.9 Å². The molecule has 0 bridgehead atoms. The highest BCUT2D eigenvalue weighted by molar-refractivity contribution is 5.54. The Balaban J connectivity index is 2.47. The van der Waals surface area contributed by atoms with E-state index in [-0.39, 0.29) is 6.04 Å². The summed E-state index contributed by atoms with van der Waals surface area (Å²) in [4.78, 5) is 13.5. The molecular weight excluding hydrogens is 236 g/mol. The molecule has 0 saturated heterocycles. The molecule has 1 atom stereocenters. The molecule has 1 unspecified atom stereocenters. The van der Waals surface area contributed by atoms with Gasteiger partial charge < -0.3 is 5.73 Å². The summed E-state index contributed by atoms with van der Waals surface area (Å²) in [6, 6.07) is 6.10. The average molecular weight is 256 g/mol. The Morgan fingerprint density at radius 2 is 2.11 bits per heavy atom. The maximum Gasteiger partial charge on any atom is 0.178 e. The van der Waals surface area contributed by atoms with Gasteiger partial charge in [0.05, 0.1) is 0 Å². The van der Waals surface area contributed by atoms with Gasteiger partial charge in [0.25, 0.3) is 0 Å². The van der Waals surface area contributed by atoms with E-state index in [4.69, 9.17) is 5.73 Å². The summed E-state index contributed by atoms with van der Waals surface area (Å²) >= 11 is 0. The molecule has 0 aromatic carbocycles. The van der Waals surface area contributed by atoms with Crippen LogP contribution in [0.2, 0.25) is 0 Å². The molecule has 19 heavy (non-hydrogen) atoms. The van der Waals surface area contributed by atoms with Crippen LogP contribution in [-0.4, -0.2) is 21.0 Å². The van der Waals surface area contributed by atoms with Crippen molar-refractivity contribution in [2.75, 3.05) is 0 Å². The van der Waals surface area contributed by atoms with Crippen molar-refractivity contribution in [3.8, 4) is 11.5 Å². The van der Waals surface area contributed by atoms with Crippen LogP contribution in [0, 0.1) is 6.92 Å². The Morgan fingerprint density at radius 3 is 2.79 bits per heavy atom. The van der Waals surface area contributed by atoms with Gasteiger partial charge in [0.15, 0.2) is 5.82 Å². The lowest BCUT2D eigenvalue weighted by molar-refractivity contribution is 0.719. The SMILES string of the molecule is CCc1cccnc1-c1nc(C)cc(CC(C)N)n1. The van der Waals surface area contributed by atoms with Crippen LogP contribution in [0.4, 0.5) is 0 Å². The van der Waals surface area contributed by atoms with E-state index in [0.717, 1.165) is 29.9 Å². The Kier molecular flexibility index (Phi) is 4.22. The van der Waals surface area contributed by atoms with Gasteiger partial charge in [0.1, 0.15) is 5.69 Å². The second kappa shape index (κ2) is 5.89. The predicted molar refractivity (Wildman–Crippen MR) is 76.7 cm³/mol. The van der Waals surface area contributed by atoms with Crippen molar-refractivity contribution >= 4 is 0 Å². The molecule has 2 heterocycles. The van der Waals surface area contributed by atoms with Crippen LogP contribution in [-0.2, 0) is 12.8 Å². The fourth-order valence-corrected chi connectivity index (χ4v) is 2.10. The average Bonchev–Trinajstić information content (AvgIpc) is 2.37. The number of aryl methyl sites for hydroxylation is 2. The first-order valence-corrected chi connectivity index (χ1v) is 6.64. The van der Waals surface area contributed by atoms with Crippen LogP contribution < -0.4 is 5.73 Å². The molecule has 0 amide bonds. The number of aromatic nitrogens is 3. The molecule has 2 N–H and O–H groups in total. The molecule has 0 radical (unpaired) electrons. The molecular formula is C15H20N4. The van der Waals surface area contributed by atoms with E-state index >= 15 is 0 Å². The van der Waals surface area contributed by atoms with E-state index in [1.54, 1.807) is 6.20 Å². The summed E-state index contributed by atoms with van der Waals surface area (Å²) in [6.07, 6.45) is 3.46. The second-order valence-electron chi connectivity index (χ2n) is 4.87. The van der Waals surface area contributed by atoms with Gasteiger partial charge in [-0.3, -0.25) is 4.98 Å². The minimum Gasteiger partial charge on any atom is -0.328 e. The summed E-state index contributed by atoms with van der Waals surface area (Å²) in [5.74, 6) is 0.702. The summed E-state index contributed by atoms with van der Waals surface area (Å²) < 4.78 is 0. The van der Waals surface area contributed by atoms with Crippen molar-refractivity contribution < 1.29 is 0 Å². The van der Waals surface area contributed by atoms with E-state index in [0.29, 0.717) is 5.82 Å². The van der Waals surface area contributed by atoms with Crippen LogP contribution in [0.5, 0.6) is 0 Å². The number of nitrogens with zero attached hydrogens (tertiary/aromatic N) is 3. The van der Waals surface area contributed by atoms with E-state index in [1.165, 1.54) is 5.56 Å². The standard InChI is InChI=1S/C15H20N4/c1-4-12-6-5-7-17-14(12)15-18-11(3)9-13(19-15)8-10(2)16/h5-7,9-10H,4,8,16H2,1-3H3. The van der Waals surface area contributed by atoms with Gasteiger partial charge in [-0.2, -0.15) is 0 Å². The second-order valence-corrected chi connectivity index (χ2v) is 4.87. The lowest BCUT2D eigenvalue weighted by atomic mass is 10.1. The van der Waals surface area contributed by atoms with Gasteiger partial charge in [-0.15, -0.1) is 0 Å². The number of nitrogens with two attached hydrogens (primary N) is 1. The topological polar surface area (TPSA) is 64.7 Å². The quantitative estimate of drug-likeness (QED) is 0.911. The fraction of sp³-hybridized carbons (Fsp3) is 0.400. The third-order valence-corrected chi connectivity index (χ3v) is 2.92. The van der Waals surface area contributed by atoms with Crippen LogP contribution in [0.25, 0.3) is 11.5 Å². The van der Waals surface area contributed by atoms with E-state index in [9.17, 15) is 0 Å². The predicted octanol–water partition coefficient (Wildman–Crippen LogP) is 2.30. The van der Waals surface area contributed by atoms with Gasteiger partial charge in [-0.05, 0) is 38.0 Å². The summed E-state index contributed by atoms with van der Waals surface area (Å²) in [5.41, 5.74) is 9.81. The normalized spacial score (nSPS) is 12.4. The zero-order chi connectivity index (χ0) is 13.8. The smallest absolute Gasteiger partial charge is 0.178 e. The van der Waals surface area contributed by atoms with Crippen molar-refractivity contribution in [1.29, 1.82) is 0 Å². The number of hydrogen-bond donors (Lipinski definition) is 1. The highest BCUT2D eigenvalue weighted by atomic mass is 14.9. The van der Waals surface area contributed by atoms with Crippen molar-refractivity contribution in [3.05, 3.63) is 41.3 Å². The summed E-state index contributed by atoms with van der Waals surface area (Å²) in [7, 11) is 0. The first-order valence-electron chi connectivity index (χ1n) is 6.64. The first-order chi connectivity index (χ1) is 9.10. The Hall–Kier alpha value is -1.81. The molecule has 0 spiro atoms. The number of pyridine rings is 1. The highest BCUT2D eigenvalue weighted by Crippen LogP contribution is 2.19. The minimum absolute atomic E-state index is 0.0940. The molecule has 0 fully saturated rings. The van der Waals surface area contributed by atoms with Crippen molar-refractivity contribution in [2.45, 2.75) is 39.7 Å². The molecule has 0 aliphatic carbocycles. The molecule has 100 valence electrons. The van der Waals surface area contributed by atoms with Crippen LogP contribution in [0.1, 0.15) is 30.8 Å². The zero-order valence-electron chi connectivity index (χ0n) is 11.7. The van der Waals surface area contributed by atoms with Crippen LogP contribution >= 0.6 is 0 Å². The number of hydrogen-bond acceptors (Lipinski definition) is 4. The first kappa shape index (κ1) is 13.6. The van der Waals surface area contributed by atoms with Crippen molar-refractivity contribution in [1.82, 2.24) is 15.0 Å². The number of rotatable bonds is 4. The molecule has 4 heteroatoms. The van der Waals surface area contributed by atoms with Crippen LogP contribution in [0.3, 0.4) is 0 Å². The van der Waals surface area contributed by atoms with E-state index in [1.807, 2.05) is 26.0 Å². The van der Waals surface area contributed by atoms with Crippen molar-refractivity contribution in [3.63, 3.8) is 0 Å². The molecule has 0 aliphatic heterocycles. The van der Waals surface area contributed by atoms with E-state index < -0.39 is 0 Å². The lowest BCUT2D eigenvalue weighted by Crippen LogP contribution is -2.19.